The Labute approximate surface area is 102 Å². The molecule has 2 rings (SSSR count). The van der Waals surface area contributed by atoms with E-state index >= 15 is 0 Å². The Bertz CT molecular complexity index is 416. The molecule has 1 atom stereocenters. The van der Waals surface area contributed by atoms with Crippen LogP contribution in [0.15, 0.2) is 24.3 Å². The molecule has 1 aromatic rings. The summed E-state index contributed by atoms with van der Waals surface area (Å²) >= 11 is 0. The molecule has 17 heavy (non-hydrogen) atoms. The van der Waals surface area contributed by atoms with Gasteiger partial charge >= 0.3 is 5.97 Å². The largest absolute Gasteiger partial charge is 0.466 e. The van der Waals surface area contributed by atoms with Crippen LogP contribution in [0.4, 0.5) is 0 Å². The van der Waals surface area contributed by atoms with Gasteiger partial charge in [0.15, 0.2) is 0 Å². The number of ether oxygens (including phenoxy) is 1. The Morgan fingerprint density at radius 3 is 2.94 bits per heavy atom. The van der Waals surface area contributed by atoms with Gasteiger partial charge in [-0.3, -0.25) is 4.79 Å². The second-order valence-corrected chi connectivity index (χ2v) is 4.47. The number of benzene rings is 1. The average molecular weight is 233 g/mol. The number of nitrogens with one attached hydrogen (secondary N) is 1. The first-order valence-corrected chi connectivity index (χ1v) is 6.15. The van der Waals surface area contributed by atoms with E-state index in [-0.39, 0.29) is 11.5 Å². The summed E-state index contributed by atoms with van der Waals surface area (Å²) in [6.45, 7) is 2.28. The number of esters is 1. The van der Waals surface area contributed by atoms with E-state index in [0.717, 1.165) is 12.8 Å². The summed E-state index contributed by atoms with van der Waals surface area (Å²) in [6, 6.07) is 8.33. The molecule has 0 amide bonds. The van der Waals surface area contributed by atoms with Crippen molar-refractivity contribution in [1.29, 1.82) is 0 Å². The molecule has 0 aliphatic heterocycles. The molecule has 0 heterocycles. The van der Waals surface area contributed by atoms with Gasteiger partial charge in [-0.2, -0.15) is 0 Å². The molecule has 1 N–H and O–H groups in total. The van der Waals surface area contributed by atoms with Crippen molar-refractivity contribution >= 4 is 5.97 Å². The summed E-state index contributed by atoms with van der Waals surface area (Å²) in [7, 11) is 1.92. The molecule has 0 fully saturated rings. The summed E-state index contributed by atoms with van der Waals surface area (Å²) in [4.78, 5) is 11.7. The van der Waals surface area contributed by atoms with Crippen molar-refractivity contribution in [1.82, 2.24) is 5.32 Å². The molecule has 0 saturated carbocycles. The minimum absolute atomic E-state index is 0.126. The third kappa shape index (κ3) is 2.20. The van der Waals surface area contributed by atoms with Gasteiger partial charge in [-0.1, -0.05) is 24.3 Å². The van der Waals surface area contributed by atoms with Crippen LogP contribution < -0.4 is 5.32 Å². The second kappa shape index (κ2) is 4.88. The summed E-state index contributed by atoms with van der Waals surface area (Å²) in [5.74, 6) is -0.126. The summed E-state index contributed by atoms with van der Waals surface area (Å²) in [5.41, 5.74) is 2.35. The smallest absolute Gasteiger partial charge is 0.308 e. The van der Waals surface area contributed by atoms with Gasteiger partial charge < -0.3 is 10.1 Å². The van der Waals surface area contributed by atoms with Crippen LogP contribution in [0.3, 0.4) is 0 Å². The minimum Gasteiger partial charge on any atom is -0.466 e. The zero-order chi connectivity index (χ0) is 12.3. The van der Waals surface area contributed by atoms with E-state index < -0.39 is 0 Å². The van der Waals surface area contributed by atoms with Crippen molar-refractivity contribution in [2.45, 2.75) is 31.7 Å². The molecule has 0 spiro atoms. The van der Waals surface area contributed by atoms with E-state index in [2.05, 4.69) is 23.5 Å². The second-order valence-electron chi connectivity index (χ2n) is 4.47. The lowest BCUT2D eigenvalue weighted by atomic mass is 9.88. The van der Waals surface area contributed by atoms with Gasteiger partial charge in [0.05, 0.1) is 18.6 Å². The van der Waals surface area contributed by atoms with Gasteiger partial charge in [-0.05, 0) is 37.9 Å². The SMILES string of the molecule is CCOC(=O)CC1(NC)CCc2ccccc21. The molecule has 0 radical (unpaired) electrons. The van der Waals surface area contributed by atoms with Crippen molar-refractivity contribution < 1.29 is 9.53 Å². The fourth-order valence-corrected chi connectivity index (χ4v) is 2.68. The topological polar surface area (TPSA) is 38.3 Å². The normalized spacial score (nSPS) is 22.2. The summed E-state index contributed by atoms with van der Waals surface area (Å²) < 4.78 is 5.07. The molecule has 3 nitrogen and oxygen atoms in total. The molecule has 0 bridgehead atoms. The highest BCUT2D eigenvalue weighted by atomic mass is 16.5. The maximum Gasteiger partial charge on any atom is 0.308 e. The molecule has 1 unspecified atom stereocenters. The van der Waals surface area contributed by atoms with Crippen molar-refractivity contribution in [2.24, 2.45) is 0 Å². The van der Waals surface area contributed by atoms with E-state index in [1.165, 1.54) is 11.1 Å². The number of carbonyl (C=O) groups excluding carboxylic acids is 1. The highest BCUT2D eigenvalue weighted by molar-refractivity contribution is 5.72. The Morgan fingerprint density at radius 1 is 1.47 bits per heavy atom. The number of carbonyl (C=O) groups is 1. The molecular weight excluding hydrogens is 214 g/mol. The zero-order valence-corrected chi connectivity index (χ0v) is 10.5. The Hall–Kier alpha value is -1.35. The number of hydrogen-bond acceptors (Lipinski definition) is 3. The monoisotopic (exact) mass is 233 g/mol. The van der Waals surface area contributed by atoms with Gasteiger partial charge in [-0.15, -0.1) is 0 Å². The predicted molar refractivity (Wildman–Crippen MR) is 66.8 cm³/mol. The molecule has 1 aromatic carbocycles. The van der Waals surface area contributed by atoms with Gasteiger partial charge in [-0.25, -0.2) is 0 Å². The Balaban J connectivity index is 2.25. The highest BCUT2D eigenvalue weighted by Crippen LogP contribution is 2.39. The Morgan fingerprint density at radius 2 is 2.24 bits per heavy atom. The highest BCUT2D eigenvalue weighted by Gasteiger charge is 2.39. The van der Waals surface area contributed by atoms with Crippen LogP contribution in [0, 0.1) is 0 Å². The molecule has 0 saturated heterocycles. The van der Waals surface area contributed by atoms with E-state index in [4.69, 9.17) is 4.74 Å². The lowest BCUT2D eigenvalue weighted by molar-refractivity contribution is -0.145. The van der Waals surface area contributed by atoms with E-state index in [0.29, 0.717) is 13.0 Å². The van der Waals surface area contributed by atoms with Crippen LogP contribution >= 0.6 is 0 Å². The predicted octanol–water partition coefficient (Wildman–Crippen LogP) is 2.00. The molecule has 1 aliphatic carbocycles. The maximum absolute atomic E-state index is 11.7. The third-order valence-electron chi connectivity index (χ3n) is 3.58. The average Bonchev–Trinajstić information content (AvgIpc) is 2.70. The van der Waals surface area contributed by atoms with Gasteiger partial charge in [0.25, 0.3) is 0 Å². The van der Waals surface area contributed by atoms with Crippen LogP contribution in [0.5, 0.6) is 0 Å². The van der Waals surface area contributed by atoms with Crippen LogP contribution in [0.1, 0.15) is 30.9 Å². The lowest BCUT2D eigenvalue weighted by Gasteiger charge is -2.29. The maximum atomic E-state index is 11.7. The summed E-state index contributed by atoms with van der Waals surface area (Å²) in [6.07, 6.45) is 2.40. The van der Waals surface area contributed by atoms with Gasteiger partial charge in [0.2, 0.25) is 0 Å². The fraction of sp³-hybridized carbons (Fsp3) is 0.500. The van der Waals surface area contributed by atoms with E-state index in [1.54, 1.807) is 0 Å². The fourth-order valence-electron chi connectivity index (χ4n) is 2.68. The van der Waals surface area contributed by atoms with Crippen LogP contribution in [0.25, 0.3) is 0 Å². The molecule has 92 valence electrons. The van der Waals surface area contributed by atoms with Crippen LogP contribution in [0.2, 0.25) is 0 Å². The van der Waals surface area contributed by atoms with E-state index in [1.807, 2.05) is 20.0 Å². The first-order valence-electron chi connectivity index (χ1n) is 6.15. The third-order valence-corrected chi connectivity index (χ3v) is 3.58. The van der Waals surface area contributed by atoms with Gasteiger partial charge in [0, 0.05) is 0 Å². The van der Waals surface area contributed by atoms with Crippen molar-refractivity contribution in [3.05, 3.63) is 35.4 Å². The first kappa shape index (κ1) is 12.1. The number of hydrogen-bond donors (Lipinski definition) is 1. The Kier molecular flexibility index (Phi) is 3.48. The first-order chi connectivity index (χ1) is 8.22. The molecule has 1 aliphatic rings. The molecular formula is C14H19NO2. The number of rotatable bonds is 4. The lowest BCUT2D eigenvalue weighted by Crippen LogP contribution is -2.40. The zero-order valence-electron chi connectivity index (χ0n) is 10.5. The van der Waals surface area contributed by atoms with Crippen LogP contribution in [-0.4, -0.2) is 19.6 Å². The van der Waals surface area contributed by atoms with Crippen molar-refractivity contribution in [3.63, 3.8) is 0 Å². The standard InChI is InChI=1S/C14H19NO2/c1-3-17-13(16)10-14(15-2)9-8-11-6-4-5-7-12(11)14/h4-7,15H,3,8-10H2,1-2H3. The molecule has 0 aromatic heterocycles. The quantitative estimate of drug-likeness (QED) is 0.808. The van der Waals surface area contributed by atoms with Gasteiger partial charge in [0.1, 0.15) is 0 Å². The van der Waals surface area contributed by atoms with Crippen LogP contribution in [-0.2, 0) is 21.5 Å². The molecule has 3 heteroatoms. The van der Waals surface area contributed by atoms with Crippen molar-refractivity contribution in [2.75, 3.05) is 13.7 Å². The summed E-state index contributed by atoms with van der Waals surface area (Å²) in [5, 5.41) is 3.32. The number of aryl methyl sites for hydroxylation is 1. The minimum atomic E-state index is -0.233. The number of fused-ring (bicyclic) bond motifs is 1. The van der Waals surface area contributed by atoms with Crippen molar-refractivity contribution in [3.8, 4) is 0 Å². The van der Waals surface area contributed by atoms with E-state index in [9.17, 15) is 4.79 Å².